The van der Waals surface area contributed by atoms with Crippen LogP contribution in [0, 0.1) is 5.82 Å². The second-order valence-electron chi connectivity index (χ2n) is 7.82. The van der Waals surface area contributed by atoms with Crippen molar-refractivity contribution in [2.45, 2.75) is 32.4 Å². The van der Waals surface area contributed by atoms with Gasteiger partial charge in [-0.05, 0) is 76.8 Å². The number of amides is 1. The van der Waals surface area contributed by atoms with E-state index in [1.54, 1.807) is 18.2 Å². The van der Waals surface area contributed by atoms with Crippen LogP contribution in [0.3, 0.4) is 0 Å². The maximum Gasteiger partial charge on any atom is 0.260 e. The summed E-state index contributed by atoms with van der Waals surface area (Å²) < 4.78 is 26.3. The molecule has 182 valence electrons. The van der Waals surface area contributed by atoms with E-state index in [1.807, 2.05) is 37.3 Å². The standard InChI is InChI=1S/C27H26BrFN2O3S/c1-3-17-9-11-20(12-10-17)30-27-31-26(32)24(35-27)15-18-13-21(28)25(23(14-18)33-4-2)34-16-19-7-5-6-8-22(19)29/h5-15,27,30H,3-4,16H2,1-2H3,(H,31,32)/b24-15-/t27-/m0/s1. The Balaban J connectivity index is 1.50. The number of hydrogen-bond donors (Lipinski definition) is 2. The van der Waals surface area contributed by atoms with Gasteiger partial charge in [0.25, 0.3) is 5.91 Å². The van der Waals surface area contributed by atoms with Gasteiger partial charge in [-0.1, -0.05) is 49.0 Å². The summed E-state index contributed by atoms with van der Waals surface area (Å²) in [5, 5.41) is 6.29. The molecule has 1 amide bonds. The van der Waals surface area contributed by atoms with E-state index in [9.17, 15) is 9.18 Å². The summed E-state index contributed by atoms with van der Waals surface area (Å²) in [4.78, 5) is 13.2. The van der Waals surface area contributed by atoms with E-state index >= 15 is 0 Å². The SMILES string of the molecule is CCOc1cc(/C=C2\S[C@@H](Nc3ccc(CC)cc3)NC2=O)cc(Br)c1OCc1ccccc1F. The van der Waals surface area contributed by atoms with Gasteiger partial charge >= 0.3 is 0 Å². The molecule has 3 aromatic carbocycles. The minimum atomic E-state index is -0.323. The summed E-state index contributed by atoms with van der Waals surface area (Å²) in [5.41, 5.74) is 3.17. The van der Waals surface area contributed by atoms with Crippen LogP contribution in [-0.4, -0.2) is 18.0 Å². The molecule has 35 heavy (non-hydrogen) atoms. The number of rotatable bonds is 9. The first kappa shape index (κ1) is 25.1. The predicted molar refractivity (Wildman–Crippen MR) is 143 cm³/mol. The van der Waals surface area contributed by atoms with Gasteiger partial charge in [-0.3, -0.25) is 4.79 Å². The van der Waals surface area contributed by atoms with E-state index in [-0.39, 0.29) is 23.8 Å². The minimum absolute atomic E-state index is 0.0661. The minimum Gasteiger partial charge on any atom is -0.490 e. The quantitative estimate of drug-likeness (QED) is 0.286. The molecule has 4 rings (SSSR count). The Hall–Kier alpha value is -2.97. The van der Waals surface area contributed by atoms with Crippen LogP contribution in [0.4, 0.5) is 10.1 Å². The van der Waals surface area contributed by atoms with Crippen LogP contribution in [0.15, 0.2) is 70.0 Å². The second kappa shape index (κ2) is 11.6. The van der Waals surface area contributed by atoms with E-state index < -0.39 is 0 Å². The number of anilines is 1. The lowest BCUT2D eigenvalue weighted by molar-refractivity contribution is -0.116. The fourth-order valence-electron chi connectivity index (χ4n) is 3.54. The van der Waals surface area contributed by atoms with Crippen LogP contribution >= 0.6 is 27.7 Å². The molecule has 0 bridgehead atoms. The molecule has 1 fully saturated rings. The molecular weight excluding hydrogens is 531 g/mol. The second-order valence-corrected chi connectivity index (χ2v) is 9.82. The molecule has 5 nitrogen and oxygen atoms in total. The first-order valence-corrected chi connectivity index (χ1v) is 13.0. The Morgan fingerprint density at radius 3 is 2.60 bits per heavy atom. The van der Waals surface area contributed by atoms with E-state index in [2.05, 4.69) is 45.6 Å². The zero-order chi connectivity index (χ0) is 24.8. The molecular formula is C27H26BrFN2O3S. The van der Waals surface area contributed by atoms with Gasteiger partial charge < -0.3 is 20.1 Å². The van der Waals surface area contributed by atoms with Crippen molar-refractivity contribution < 1.29 is 18.7 Å². The van der Waals surface area contributed by atoms with Gasteiger partial charge in [-0.2, -0.15) is 0 Å². The van der Waals surface area contributed by atoms with Crippen molar-refractivity contribution in [1.82, 2.24) is 5.32 Å². The third kappa shape index (κ3) is 6.38. The van der Waals surface area contributed by atoms with E-state index in [4.69, 9.17) is 9.47 Å². The first-order chi connectivity index (χ1) is 17.0. The van der Waals surface area contributed by atoms with Gasteiger partial charge in [0.05, 0.1) is 16.0 Å². The summed E-state index contributed by atoms with van der Waals surface area (Å²) >= 11 is 4.96. The highest BCUT2D eigenvalue weighted by Gasteiger charge is 2.27. The van der Waals surface area contributed by atoms with Crippen LogP contribution in [-0.2, 0) is 17.8 Å². The molecule has 8 heteroatoms. The molecule has 0 unspecified atom stereocenters. The highest BCUT2D eigenvalue weighted by molar-refractivity contribution is 9.10. The Kier molecular flexibility index (Phi) is 8.36. The third-order valence-electron chi connectivity index (χ3n) is 5.35. The molecule has 3 aromatic rings. The Morgan fingerprint density at radius 2 is 1.89 bits per heavy atom. The predicted octanol–water partition coefficient (Wildman–Crippen LogP) is 6.73. The van der Waals surface area contributed by atoms with Gasteiger partial charge in [0.15, 0.2) is 17.0 Å². The highest BCUT2D eigenvalue weighted by Crippen LogP contribution is 2.39. The summed E-state index contributed by atoms with van der Waals surface area (Å²) in [6.45, 7) is 4.49. The number of halogens is 2. The molecule has 1 aliphatic rings. The molecule has 0 saturated carbocycles. The number of hydrogen-bond acceptors (Lipinski definition) is 5. The van der Waals surface area contributed by atoms with E-state index in [1.165, 1.54) is 23.4 Å². The van der Waals surface area contributed by atoms with Crippen molar-refractivity contribution in [2.75, 3.05) is 11.9 Å². The highest BCUT2D eigenvalue weighted by atomic mass is 79.9. The lowest BCUT2D eigenvalue weighted by Gasteiger charge is -2.15. The average Bonchev–Trinajstić information content (AvgIpc) is 3.18. The van der Waals surface area contributed by atoms with Gasteiger partial charge in [-0.15, -0.1) is 0 Å². The number of ether oxygens (including phenoxy) is 2. The molecule has 1 atom stereocenters. The van der Waals surface area contributed by atoms with Crippen LogP contribution in [0.5, 0.6) is 11.5 Å². The van der Waals surface area contributed by atoms with Gasteiger partial charge in [-0.25, -0.2) is 4.39 Å². The summed E-state index contributed by atoms with van der Waals surface area (Å²) in [6.07, 6.45) is 2.80. The Labute approximate surface area is 217 Å². The van der Waals surface area contributed by atoms with Crippen molar-refractivity contribution in [3.8, 4) is 11.5 Å². The lowest BCUT2D eigenvalue weighted by Crippen LogP contribution is -2.30. The van der Waals surface area contributed by atoms with Crippen molar-refractivity contribution >= 4 is 45.4 Å². The third-order valence-corrected chi connectivity index (χ3v) is 6.97. The fraction of sp³-hybridized carbons (Fsp3) is 0.222. The van der Waals surface area contributed by atoms with E-state index in [0.29, 0.717) is 33.0 Å². The maximum atomic E-state index is 14.0. The van der Waals surface area contributed by atoms with Gasteiger partial charge in [0.1, 0.15) is 12.4 Å². The topological polar surface area (TPSA) is 59.6 Å². The van der Waals surface area contributed by atoms with Gasteiger partial charge in [0.2, 0.25) is 0 Å². The number of benzene rings is 3. The van der Waals surface area contributed by atoms with Crippen LogP contribution in [0.1, 0.15) is 30.5 Å². The number of thioether (sulfide) groups is 1. The number of nitrogens with one attached hydrogen (secondary N) is 2. The van der Waals surface area contributed by atoms with Crippen LogP contribution in [0.25, 0.3) is 6.08 Å². The molecule has 1 saturated heterocycles. The maximum absolute atomic E-state index is 14.0. The number of carbonyl (C=O) groups is 1. The molecule has 0 spiro atoms. The van der Waals surface area contributed by atoms with Crippen LogP contribution in [0.2, 0.25) is 0 Å². The number of aryl methyl sites for hydroxylation is 1. The summed E-state index contributed by atoms with van der Waals surface area (Å²) in [7, 11) is 0. The zero-order valence-electron chi connectivity index (χ0n) is 19.4. The smallest absolute Gasteiger partial charge is 0.260 e. The Morgan fingerprint density at radius 1 is 1.11 bits per heavy atom. The Bertz CT molecular complexity index is 1230. The number of carbonyl (C=O) groups excluding carboxylic acids is 1. The molecule has 1 heterocycles. The monoisotopic (exact) mass is 556 g/mol. The van der Waals surface area contributed by atoms with E-state index in [0.717, 1.165) is 17.7 Å². The summed E-state index contributed by atoms with van der Waals surface area (Å²) in [6, 6.07) is 18.3. The molecule has 2 N–H and O–H groups in total. The summed E-state index contributed by atoms with van der Waals surface area (Å²) in [5.74, 6) is 0.526. The van der Waals surface area contributed by atoms with Crippen molar-refractivity contribution in [3.63, 3.8) is 0 Å². The van der Waals surface area contributed by atoms with Crippen molar-refractivity contribution in [2.24, 2.45) is 0 Å². The van der Waals surface area contributed by atoms with Crippen molar-refractivity contribution in [1.29, 1.82) is 0 Å². The van der Waals surface area contributed by atoms with Gasteiger partial charge in [0, 0.05) is 11.3 Å². The average molecular weight is 557 g/mol. The first-order valence-electron chi connectivity index (χ1n) is 11.3. The molecule has 0 aromatic heterocycles. The lowest BCUT2D eigenvalue weighted by atomic mass is 10.1. The molecule has 1 aliphatic heterocycles. The fourth-order valence-corrected chi connectivity index (χ4v) is 5.10. The normalized spacial score (nSPS) is 16.3. The van der Waals surface area contributed by atoms with Crippen molar-refractivity contribution in [3.05, 3.63) is 92.5 Å². The molecule has 0 aliphatic carbocycles. The van der Waals surface area contributed by atoms with Crippen LogP contribution < -0.4 is 20.1 Å². The zero-order valence-corrected chi connectivity index (χ0v) is 21.8. The largest absolute Gasteiger partial charge is 0.490 e. The molecule has 0 radical (unpaired) electrons.